The second kappa shape index (κ2) is 5.83. The van der Waals surface area contributed by atoms with E-state index < -0.39 is 11.4 Å². The number of piperidine rings is 1. The van der Waals surface area contributed by atoms with Crippen molar-refractivity contribution in [3.8, 4) is 0 Å². The molecule has 1 N–H and O–H groups in total. The zero-order chi connectivity index (χ0) is 13.1. The molecular formula is C13H26N2O2. The molecule has 100 valence electrons. The molecular weight excluding hydrogens is 216 g/mol. The molecule has 1 rings (SSSR count). The van der Waals surface area contributed by atoms with E-state index in [0.717, 1.165) is 39.0 Å². The van der Waals surface area contributed by atoms with E-state index in [1.165, 1.54) is 0 Å². The Balaban J connectivity index is 2.51. The number of likely N-dealkylation sites (N-methyl/N-ethyl adjacent to an activating group) is 1. The predicted octanol–water partition coefficient (Wildman–Crippen LogP) is 1.37. The summed E-state index contributed by atoms with van der Waals surface area (Å²) in [6, 6.07) is 0. The van der Waals surface area contributed by atoms with E-state index in [-0.39, 0.29) is 5.92 Å². The van der Waals surface area contributed by atoms with Gasteiger partial charge in [0, 0.05) is 19.6 Å². The van der Waals surface area contributed by atoms with Gasteiger partial charge in [-0.05, 0) is 53.2 Å². The van der Waals surface area contributed by atoms with Gasteiger partial charge < -0.3 is 14.9 Å². The van der Waals surface area contributed by atoms with Crippen LogP contribution in [-0.4, -0.2) is 61.2 Å². The van der Waals surface area contributed by atoms with E-state index in [2.05, 4.69) is 23.9 Å². The summed E-state index contributed by atoms with van der Waals surface area (Å²) in [6.45, 7) is 7.83. The molecule has 1 saturated heterocycles. The molecule has 0 bridgehead atoms. The number of aliphatic carboxylic acids is 1. The summed E-state index contributed by atoms with van der Waals surface area (Å²) in [6.07, 6.45) is 2.16. The first-order valence-corrected chi connectivity index (χ1v) is 6.44. The van der Waals surface area contributed by atoms with Crippen molar-refractivity contribution in [3.05, 3.63) is 0 Å². The Morgan fingerprint density at radius 1 is 1.47 bits per heavy atom. The average molecular weight is 242 g/mol. The number of carbonyl (C=O) groups is 1. The topological polar surface area (TPSA) is 43.8 Å². The maximum Gasteiger partial charge on any atom is 0.309 e. The molecule has 0 aromatic rings. The van der Waals surface area contributed by atoms with Crippen LogP contribution >= 0.6 is 0 Å². The van der Waals surface area contributed by atoms with Gasteiger partial charge in [0.05, 0.1) is 5.41 Å². The lowest BCUT2D eigenvalue weighted by Gasteiger charge is -2.39. The van der Waals surface area contributed by atoms with Crippen molar-refractivity contribution in [2.45, 2.75) is 26.7 Å². The molecule has 0 radical (unpaired) electrons. The highest BCUT2D eigenvalue weighted by Gasteiger charge is 2.38. The van der Waals surface area contributed by atoms with Crippen LogP contribution in [0.5, 0.6) is 0 Å². The van der Waals surface area contributed by atoms with Crippen molar-refractivity contribution in [2.24, 2.45) is 11.3 Å². The molecule has 0 amide bonds. The Labute approximate surface area is 105 Å². The molecule has 1 heterocycles. The van der Waals surface area contributed by atoms with E-state index >= 15 is 0 Å². The lowest BCUT2D eigenvalue weighted by atomic mass is 9.74. The maximum absolute atomic E-state index is 11.3. The molecule has 1 aliphatic heterocycles. The van der Waals surface area contributed by atoms with E-state index in [0.29, 0.717) is 0 Å². The van der Waals surface area contributed by atoms with E-state index in [1.807, 2.05) is 13.8 Å². The third-order valence-electron chi connectivity index (χ3n) is 3.94. The van der Waals surface area contributed by atoms with Gasteiger partial charge in [-0.3, -0.25) is 4.79 Å². The van der Waals surface area contributed by atoms with Crippen molar-refractivity contribution in [3.63, 3.8) is 0 Å². The second-order valence-electron chi connectivity index (χ2n) is 5.97. The van der Waals surface area contributed by atoms with E-state index in [9.17, 15) is 9.90 Å². The van der Waals surface area contributed by atoms with Crippen LogP contribution in [0, 0.1) is 11.3 Å². The minimum atomic E-state index is -0.669. The van der Waals surface area contributed by atoms with Gasteiger partial charge in [0.2, 0.25) is 0 Å². The van der Waals surface area contributed by atoms with Crippen molar-refractivity contribution in [1.29, 1.82) is 0 Å². The lowest BCUT2D eigenvalue weighted by molar-refractivity contribution is -0.151. The van der Waals surface area contributed by atoms with Crippen molar-refractivity contribution in [1.82, 2.24) is 9.80 Å². The standard InChI is InChI=1S/C13H26N2O2/c1-13(2,12(16)17)11-6-5-7-15(10-11)9-8-14(3)4/h11H,5-10H2,1-4H3,(H,16,17). The first kappa shape index (κ1) is 14.5. The fourth-order valence-corrected chi connectivity index (χ4v) is 2.36. The van der Waals surface area contributed by atoms with Crippen LogP contribution in [0.25, 0.3) is 0 Å². The van der Waals surface area contributed by atoms with Crippen LogP contribution in [0.15, 0.2) is 0 Å². The molecule has 4 nitrogen and oxygen atoms in total. The number of carboxylic acid groups (broad SMARTS) is 1. The third-order valence-corrected chi connectivity index (χ3v) is 3.94. The largest absolute Gasteiger partial charge is 0.481 e. The van der Waals surface area contributed by atoms with Crippen LogP contribution in [0.2, 0.25) is 0 Å². The SMILES string of the molecule is CN(C)CCN1CCCC(C(C)(C)C(=O)O)C1. The number of hydrogen-bond donors (Lipinski definition) is 1. The summed E-state index contributed by atoms with van der Waals surface area (Å²) < 4.78 is 0. The fraction of sp³-hybridized carbons (Fsp3) is 0.923. The summed E-state index contributed by atoms with van der Waals surface area (Å²) >= 11 is 0. The van der Waals surface area contributed by atoms with Gasteiger partial charge in [-0.2, -0.15) is 0 Å². The van der Waals surface area contributed by atoms with Crippen LogP contribution in [0.3, 0.4) is 0 Å². The molecule has 0 saturated carbocycles. The summed E-state index contributed by atoms with van der Waals surface area (Å²) in [5.41, 5.74) is -0.600. The second-order valence-corrected chi connectivity index (χ2v) is 5.97. The fourth-order valence-electron chi connectivity index (χ4n) is 2.36. The van der Waals surface area contributed by atoms with Gasteiger partial charge in [-0.25, -0.2) is 0 Å². The number of hydrogen-bond acceptors (Lipinski definition) is 3. The summed E-state index contributed by atoms with van der Waals surface area (Å²) in [5, 5.41) is 9.27. The summed E-state index contributed by atoms with van der Waals surface area (Å²) in [7, 11) is 4.14. The van der Waals surface area contributed by atoms with Crippen molar-refractivity contribution < 1.29 is 9.90 Å². The third kappa shape index (κ3) is 3.96. The first-order valence-electron chi connectivity index (χ1n) is 6.44. The van der Waals surface area contributed by atoms with Gasteiger partial charge >= 0.3 is 5.97 Å². The lowest BCUT2D eigenvalue weighted by Crippen LogP contribution is -2.46. The van der Waals surface area contributed by atoms with Gasteiger partial charge in [0.1, 0.15) is 0 Å². The minimum absolute atomic E-state index is 0.274. The van der Waals surface area contributed by atoms with Crippen LogP contribution < -0.4 is 0 Å². The molecule has 1 unspecified atom stereocenters. The van der Waals surface area contributed by atoms with Crippen LogP contribution in [0.4, 0.5) is 0 Å². The number of likely N-dealkylation sites (tertiary alicyclic amines) is 1. The quantitative estimate of drug-likeness (QED) is 0.791. The van der Waals surface area contributed by atoms with E-state index in [1.54, 1.807) is 0 Å². The zero-order valence-electron chi connectivity index (χ0n) is 11.6. The molecule has 0 aromatic heterocycles. The Morgan fingerprint density at radius 2 is 2.12 bits per heavy atom. The number of carboxylic acids is 1. The Hall–Kier alpha value is -0.610. The van der Waals surface area contributed by atoms with E-state index in [4.69, 9.17) is 0 Å². The molecule has 1 atom stereocenters. The Bertz CT molecular complexity index is 264. The van der Waals surface area contributed by atoms with Crippen LogP contribution in [0.1, 0.15) is 26.7 Å². The molecule has 4 heteroatoms. The normalized spacial score (nSPS) is 23.0. The van der Waals surface area contributed by atoms with Gasteiger partial charge in [0.25, 0.3) is 0 Å². The summed E-state index contributed by atoms with van der Waals surface area (Å²) in [5.74, 6) is -0.395. The highest BCUT2D eigenvalue weighted by molar-refractivity contribution is 5.74. The molecule has 0 spiro atoms. The first-order chi connectivity index (χ1) is 7.84. The minimum Gasteiger partial charge on any atom is -0.481 e. The molecule has 1 aliphatic rings. The van der Waals surface area contributed by atoms with Crippen molar-refractivity contribution in [2.75, 3.05) is 40.3 Å². The average Bonchev–Trinajstić information content (AvgIpc) is 2.26. The maximum atomic E-state index is 11.3. The van der Waals surface area contributed by atoms with Gasteiger partial charge in [-0.15, -0.1) is 0 Å². The predicted molar refractivity (Wildman–Crippen MR) is 69.1 cm³/mol. The molecule has 1 fully saturated rings. The molecule has 0 aromatic carbocycles. The zero-order valence-corrected chi connectivity index (χ0v) is 11.6. The highest BCUT2D eigenvalue weighted by atomic mass is 16.4. The molecule has 0 aliphatic carbocycles. The number of rotatable bonds is 5. The van der Waals surface area contributed by atoms with Crippen molar-refractivity contribution >= 4 is 5.97 Å². The van der Waals surface area contributed by atoms with Crippen LogP contribution in [-0.2, 0) is 4.79 Å². The molecule has 17 heavy (non-hydrogen) atoms. The van der Waals surface area contributed by atoms with Gasteiger partial charge in [-0.1, -0.05) is 0 Å². The highest BCUT2D eigenvalue weighted by Crippen LogP contribution is 2.34. The number of nitrogens with zero attached hydrogens (tertiary/aromatic N) is 2. The smallest absolute Gasteiger partial charge is 0.309 e. The Morgan fingerprint density at radius 3 is 2.65 bits per heavy atom. The Kier molecular flexibility index (Phi) is 4.95. The monoisotopic (exact) mass is 242 g/mol. The summed E-state index contributed by atoms with van der Waals surface area (Å²) in [4.78, 5) is 15.8. The van der Waals surface area contributed by atoms with Gasteiger partial charge in [0.15, 0.2) is 0 Å².